The third-order valence-electron chi connectivity index (χ3n) is 5.37. The summed E-state index contributed by atoms with van der Waals surface area (Å²) in [4.78, 5) is 23.0. The lowest BCUT2D eigenvalue weighted by Gasteiger charge is -2.11. The van der Waals surface area contributed by atoms with E-state index >= 15 is 0 Å². The number of thioether (sulfide) groups is 1. The highest BCUT2D eigenvalue weighted by Gasteiger charge is 2.17. The van der Waals surface area contributed by atoms with Gasteiger partial charge in [0, 0.05) is 23.5 Å². The number of aromatic nitrogens is 3. The number of rotatable bonds is 10. The standard InChI is InChI=1S/C27H24N6O4S/c1-19-9-11-21(12-10-19)26-30-31-27(32(26)22-13-15-23(37-2)16-14-22)38-18-25(34)29-28-17-5-7-20-6-3-4-8-24(20)33(35)36/h3-17H,18H2,1-2H3,(H,29,34)/b7-5-,28-17+. The molecule has 4 aromatic rings. The molecule has 0 fully saturated rings. The molecule has 4 rings (SSSR count). The molecule has 1 aromatic heterocycles. The molecule has 0 unspecified atom stereocenters. The summed E-state index contributed by atoms with van der Waals surface area (Å²) in [5.41, 5.74) is 5.73. The van der Waals surface area contributed by atoms with Gasteiger partial charge in [0.05, 0.1) is 23.3 Å². The Bertz CT molecular complexity index is 1480. The fourth-order valence-corrected chi connectivity index (χ4v) is 4.22. The Morgan fingerprint density at radius 3 is 2.55 bits per heavy atom. The number of carbonyl (C=O) groups excluding carboxylic acids is 1. The van der Waals surface area contributed by atoms with E-state index in [0.29, 0.717) is 16.5 Å². The minimum atomic E-state index is -0.454. The van der Waals surface area contributed by atoms with Crippen LogP contribution in [0.2, 0.25) is 0 Å². The molecule has 0 aliphatic rings. The van der Waals surface area contributed by atoms with Crippen LogP contribution in [0.15, 0.2) is 89.1 Å². The Morgan fingerprint density at radius 2 is 1.84 bits per heavy atom. The molecular weight excluding hydrogens is 504 g/mol. The molecule has 1 amide bonds. The summed E-state index contributed by atoms with van der Waals surface area (Å²) in [7, 11) is 1.61. The van der Waals surface area contributed by atoms with Gasteiger partial charge in [-0.25, -0.2) is 5.43 Å². The molecule has 3 aromatic carbocycles. The molecular formula is C27H24N6O4S. The van der Waals surface area contributed by atoms with E-state index in [-0.39, 0.29) is 17.3 Å². The fourth-order valence-electron chi connectivity index (χ4n) is 3.47. The van der Waals surface area contributed by atoms with Gasteiger partial charge in [-0.15, -0.1) is 10.2 Å². The molecule has 0 bridgehead atoms. The lowest BCUT2D eigenvalue weighted by molar-refractivity contribution is -0.385. The Kier molecular flexibility index (Phi) is 8.62. The number of benzene rings is 3. The largest absolute Gasteiger partial charge is 0.497 e. The van der Waals surface area contributed by atoms with Crippen molar-refractivity contribution < 1.29 is 14.5 Å². The van der Waals surface area contributed by atoms with Crippen LogP contribution in [0.5, 0.6) is 5.75 Å². The average molecular weight is 529 g/mol. The van der Waals surface area contributed by atoms with Crippen LogP contribution >= 0.6 is 11.8 Å². The summed E-state index contributed by atoms with van der Waals surface area (Å²) in [5, 5.41) is 24.2. The van der Waals surface area contributed by atoms with Gasteiger partial charge in [-0.2, -0.15) is 5.10 Å². The molecule has 0 aliphatic heterocycles. The number of allylic oxidation sites excluding steroid dienone is 1. The number of nitrogens with one attached hydrogen (secondary N) is 1. The van der Waals surface area contributed by atoms with E-state index < -0.39 is 4.92 Å². The van der Waals surface area contributed by atoms with Crippen LogP contribution in [0.1, 0.15) is 11.1 Å². The van der Waals surface area contributed by atoms with E-state index in [4.69, 9.17) is 4.74 Å². The summed E-state index contributed by atoms with van der Waals surface area (Å²) in [6.45, 7) is 2.02. The number of hydrogen-bond acceptors (Lipinski definition) is 8. The number of hydrogen-bond donors (Lipinski definition) is 1. The Hall–Kier alpha value is -4.77. The third-order valence-corrected chi connectivity index (χ3v) is 6.29. The predicted molar refractivity (Wildman–Crippen MR) is 148 cm³/mol. The average Bonchev–Trinajstić information content (AvgIpc) is 3.36. The molecule has 0 saturated heterocycles. The van der Waals surface area contributed by atoms with Crippen LogP contribution in [-0.2, 0) is 4.79 Å². The van der Waals surface area contributed by atoms with E-state index in [1.807, 2.05) is 60.0 Å². The van der Waals surface area contributed by atoms with Crippen LogP contribution in [0, 0.1) is 17.0 Å². The number of aryl methyl sites for hydroxylation is 1. The number of amides is 1. The topological polar surface area (TPSA) is 125 Å². The van der Waals surface area contributed by atoms with Crippen molar-refractivity contribution in [2.24, 2.45) is 5.10 Å². The molecule has 0 radical (unpaired) electrons. The van der Waals surface area contributed by atoms with Crippen LogP contribution in [0.3, 0.4) is 0 Å². The fraction of sp³-hybridized carbons (Fsp3) is 0.111. The van der Waals surface area contributed by atoms with Gasteiger partial charge in [-0.1, -0.05) is 53.7 Å². The van der Waals surface area contributed by atoms with Gasteiger partial charge in [-0.3, -0.25) is 19.5 Å². The number of hydrazone groups is 1. The molecule has 10 nitrogen and oxygen atoms in total. The first-order chi connectivity index (χ1) is 18.5. The van der Waals surface area contributed by atoms with Crippen molar-refractivity contribution in [3.8, 4) is 22.8 Å². The minimum absolute atomic E-state index is 0.0106. The van der Waals surface area contributed by atoms with Gasteiger partial charge < -0.3 is 4.74 Å². The number of methoxy groups -OCH3 is 1. The van der Waals surface area contributed by atoms with Crippen molar-refractivity contribution in [1.82, 2.24) is 20.2 Å². The zero-order valence-electron chi connectivity index (χ0n) is 20.6. The van der Waals surface area contributed by atoms with Crippen molar-refractivity contribution in [2.45, 2.75) is 12.1 Å². The maximum atomic E-state index is 12.4. The molecule has 1 heterocycles. The first-order valence-electron chi connectivity index (χ1n) is 11.5. The number of nitrogens with zero attached hydrogens (tertiary/aromatic N) is 5. The summed E-state index contributed by atoms with van der Waals surface area (Å²) in [6, 6.07) is 21.8. The maximum absolute atomic E-state index is 12.4. The second-order valence-electron chi connectivity index (χ2n) is 7.98. The highest BCUT2D eigenvalue weighted by atomic mass is 32.2. The van der Waals surface area contributed by atoms with Gasteiger partial charge in [0.25, 0.3) is 11.6 Å². The molecule has 38 heavy (non-hydrogen) atoms. The van der Waals surface area contributed by atoms with Crippen LogP contribution < -0.4 is 10.2 Å². The van der Waals surface area contributed by atoms with E-state index in [1.165, 1.54) is 30.1 Å². The highest BCUT2D eigenvalue weighted by molar-refractivity contribution is 7.99. The smallest absolute Gasteiger partial charge is 0.276 e. The van der Waals surface area contributed by atoms with Crippen molar-refractivity contribution in [3.63, 3.8) is 0 Å². The number of carbonyl (C=O) groups is 1. The lowest BCUT2D eigenvalue weighted by Crippen LogP contribution is -2.19. The lowest BCUT2D eigenvalue weighted by atomic mass is 10.1. The maximum Gasteiger partial charge on any atom is 0.276 e. The summed E-state index contributed by atoms with van der Waals surface area (Å²) in [5.74, 6) is 1.08. The zero-order valence-corrected chi connectivity index (χ0v) is 21.5. The molecule has 11 heteroatoms. The quantitative estimate of drug-likeness (QED) is 0.132. The monoisotopic (exact) mass is 528 g/mol. The van der Waals surface area contributed by atoms with E-state index in [9.17, 15) is 14.9 Å². The normalized spacial score (nSPS) is 11.2. The third kappa shape index (κ3) is 6.51. The Morgan fingerprint density at radius 1 is 1.11 bits per heavy atom. The molecule has 0 spiro atoms. The van der Waals surface area contributed by atoms with E-state index in [2.05, 4.69) is 20.7 Å². The Labute approximate surface area is 223 Å². The van der Waals surface area contributed by atoms with Crippen molar-refractivity contribution in [3.05, 3.63) is 100 Å². The highest BCUT2D eigenvalue weighted by Crippen LogP contribution is 2.29. The van der Waals surface area contributed by atoms with Gasteiger partial charge >= 0.3 is 0 Å². The van der Waals surface area contributed by atoms with E-state index in [1.54, 1.807) is 31.4 Å². The SMILES string of the molecule is COc1ccc(-n2c(SCC(=O)N/N=C/C=C\c3ccccc3[N+](=O)[O-])nnc2-c2ccc(C)cc2)cc1. The summed E-state index contributed by atoms with van der Waals surface area (Å²) < 4.78 is 7.16. The van der Waals surface area contributed by atoms with Crippen LogP contribution in [0.4, 0.5) is 5.69 Å². The van der Waals surface area contributed by atoms with Gasteiger partial charge in [0.15, 0.2) is 11.0 Å². The van der Waals surface area contributed by atoms with Gasteiger partial charge in [-0.05, 0) is 49.4 Å². The second-order valence-corrected chi connectivity index (χ2v) is 8.93. The van der Waals surface area contributed by atoms with Crippen molar-refractivity contribution in [2.75, 3.05) is 12.9 Å². The van der Waals surface area contributed by atoms with Crippen molar-refractivity contribution in [1.29, 1.82) is 0 Å². The predicted octanol–water partition coefficient (Wildman–Crippen LogP) is 5.07. The molecule has 0 atom stereocenters. The molecule has 0 saturated carbocycles. The Balaban J connectivity index is 1.45. The number of nitro groups is 1. The number of para-hydroxylation sites is 1. The van der Waals surface area contributed by atoms with Gasteiger partial charge in [0.2, 0.25) is 0 Å². The van der Waals surface area contributed by atoms with Gasteiger partial charge in [0.1, 0.15) is 5.75 Å². The molecule has 0 aliphatic carbocycles. The van der Waals surface area contributed by atoms with Crippen molar-refractivity contribution >= 4 is 35.6 Å². The molecule has 1 N–H and O–H groups in total. The number of nitro benzene ring substituents is 1. The summed E-state index contributed by atoms with van der Waals surface area (Å²) >= 11 is 1.22. The van der Waals surface area contributed by atoms with Crippen LogP contribution in [-0.4, -0.2) is 44.7 Å². The summed E-state index contributed by atoms with van der Waals surface area (Å²) in [6.07, 6.45) is 4.42. The van der Waals surface area contributed by atoms with E-state index in [0.717, 1.165) is 22.6 Å². The minimum Gasteiger partial charge on any atom is -0.497 e. The van der Waals surface area contributed by atoms with Crippen LogP contribution in [0.25, 0.3) is 23.2 Å². The zero-order chi connectivity index (χ0) is 26.9. The number of ether oxygens (including phenoxy) is 1. The molecule has 192 valence electrons. The first-order valence-corrected chi connectivity index (χ1v) is 12.5. The first kappa shape index (κ1) is 26.3. The second kappa shape index (κ2) is 12.5.